The van der Waals surface area contributed by atoms with E-state index >= 15 is 0 Å². The number of amides is 1. The number of nitrogens with zero attached hydrogens (tertiary/aromatic N) is 3. The third-order valence-corrected chi connectivity index (χ3v) is 6.21. The topological polar surface area (TPSA) is 109 Å². The summed E-state index contributed by atoms with van der Waals surface area (Å²) in [5.74, 6) is 0.632. The standard InChI is InChI=1S/C23H23ClFN5O4/c24-17-7-13(1-2-18(17)25)29-22-16-8-20(28-14-3-5-30(10-14)23(31)32)21(9-19(16)26-12-27-22)34-15-4-6-33-11-15/h1-2,7-9,12,14-15,28H,3-6,10-11H2,(H,31,32)(H,26,27,29)/t14?,15-/m0/s1. The van der Waals surface area contributed by atoms with Gasteiger partial charge in [0.2, 0.25) is 0 Å². The lowest BCUT2D eigenvalue weighted by molar-refractivity contribution is 0.142. The van der Waals surface area contributed by atoms with Gasteiger partial charge in [0.25, 0.3) is 0 Å². The van der Waals surface area contributed by atoms with Gasteiger partial charge in [-0.2, -0.15) is 0 Å². The molecule has 2 atom stereocenters. The molecule has 3 heterocycles. The van der Waals surface area contributed by atoms with E-state index in [1.54, 1.807) is 6.07 Å². The van der Waals surface area contributed by atoms with Crippen LogP contribution in [0.5, 0.6) is 5.75 Å². The van der Waals surface area contributed by atoms with Gasteiger partial charge in [0.1, 0.15) is 29.8 Å². The average molecular weight is 488 g/mol. The lowest BCUT2D eigenvalue weighted by Gasteiger charge is -2.21. The maximum Gasteiger partial charge on any atom is 0.407 e. The number of aromatic nitrogens is 2. The highest BCUT2D eigenvalue weighted by molar-refractivity contribution is 6.31. The normalized spacial score (nSPS) is 20.0. The molecule has 2 aliphatic rings. The van der Waals surface area contributed by atoms with Gasteiger partial charge in [-0.05, 0) is 30.7 Å². The van der Waals surface area contributed by atoms with Gasteiger partial charge in [-0.3, -0.25) is 0 Å². The smallest absolute Gasteiger partial charge is 0.407 e. The molecule has 1 unspecified atom stereocenters. The van der Waals surface area contributed by atoms with Gasteiger partial charge in [-0.15, -0.1) is 0 Å². The molecule has 0 aliphatic carbocycles. The van der Waals surface area contributed by atoms with Crippen LogP contribution in [0.1, 0.15) is 12.8 Å². The van der Waals surface area contributed by atoms with Crippen LogP contribution in [-0.2, 0) is 4.74 Å². The molecule has 0 spiro atoms. The highest BCUT2D eigenvalue weighted by Crippen LogP contribution is 2.36. The summed E-state index contributed by atoms with van der Waals surface area (Å²) in [6.45, 7) is 2.00. The van der Waals surface area contributed by atoms with E-state index in [-0.39, 0.29) is 17.2 Å². The summed E-state index contributed by atoms with van der Waals surface area (Å²) in [4.78, 5) is 21.5. The van der Waals surface area contributed by atoms with E-state index in [2.05, 4.69) is 20.6 Å². The fourth-order valence-electron chi connectivity index (χ4n) is 4.16. The molecule has 0 saturated carbocycles. The van der Waals surface area contributed by atoms with E-state index in [0.29, 0.717) is 66.6 Å². The third-order valence-electron chi connectivity index (χ3n) is 5.92. The van der Waals surface area contributed by atoms with E-state index in [1.807, 2.05) is 12.1 Å². The van der Waals surface area contributed by atoms with Crippen LogP contribution in [0.3, 0.4) is 0 Å². The molecule has 2 aromatic carbocycles. The third kappa shape index (κ3) is 4.78. The second kappa shape index (κ2) is 9.47. The molecule has 1 aromatic heterocycles. The molecule has 34 heavy (non-hydrogen) atoms. The van der Waals surface area contributed by atoms with Crippen molar-refractivity contribution in [2.45, 2.75) is 25.0 Å². The summed E-state index contributed by atoms with van der Waals surface area (Å²) >= 11 is 5.92. The Balaban J connectivity index is 1.49. The zero-order chi connectivity index (χ0) is 23.7. The Kier molecular flexibility index (Phi) is 6.25. The summed E-state index contributed by atoms with van der Waals surface area (Å²) in [5.41, 5.74) is 1.95. The van der Waals surface area contributed by atoms with Crippen molar-refractivity contribution in [3.05, 3.63) is 47.5 Å². The number of benzene rings is 2. The van der Waals surface area contributed by atoms with Gasteiger partial charge in [0.15, 0.2) is 0 Å². The molecule has 11 heteroatoms. The number of carbonyl (C=O) groups is 1. The molecular weight excluding hydrogens is 465 g/mol. The van der Waals surface area contributed by atoms with Gasteiger partial charge in [0.05, 0.1) is 29.4 Å². The molecule has 0 radical (unpaired) electrons. The van der Waals surface area contributed by atoms with Crippen LogP contribution >= 0.6 is 11.6 Å². The SMILES string of the molecule is O=C(O)N1CCC(Nc2cc3c(Nc4ccc(F)c(Cl)c4)ncnc3cc2O[C@H]2CCOC2)C1. The number of rotatable bonds is 6. The molecule has 2 aliphatic heterocycles. The van der Waals surface area contributed by atoms with Crippen molar-refractivity contribution in [3.63, 3.8) is 0 Å². The Morgan fingerprint density at radius 3 is 2.88 bits per heavy atom. The molecule has 3 aromatic rings. The van der Waals surface area contributed by atoms with Gasteiger partial charge >= 0.3 is 6.09 Å². The number of nitrogens with one attached hydrogen (secondary N) is 2. The highest BCUT2D eigenvalue weighted by atomic mass is 35.5. The highest BCUT2D eigenvalue weighted by Gasteiger charge is 2.27. The van der Waals surface area contributed by atoms with Gasteiger partial charge in [0, 0.05) is 42.7 Å². The first-order valence-electron chi connectivity index (χ1n) is 11.0. The van der Waals surface area contributed by atoms with Crippen molar-refractivity contribution < 1.29 is 23.8 Å². The Hall–Kier alpha value is -3.37. The minimum Gasteiger partial charge on any atom is -0.486 e. The monoisotopic (exact) mass is 487 g/mol. The minimum absolute atomic E-state index is 0.00408. The number of carboxylic acid groups (broad SMARTS) is 1. The van der Waals surface area contributed by atoms with Crippen LogP contribution in [0.15, 0.2) is 36.7 Å². The predicted octanol–water partition coefficient (Wildman–Crippen LogP) is 4.50. The summed E-state index contributed by atoms with van der Waals surface area (Å²) in [5, 5.41) is 16.6. The summed E-state index contributed by atoms with van der Waals surface area (Å²) in [7, 11) is 0. The molecule has 2 fully saturated rings. The van der Waals surface area contributed by atoms with Crippen molar-refractivity contribution in [3.8, 4) is 5.75 Å². The van der Waals surface area contributed by atoms with Crippen LogP contribution in [-0.4, -0.2) is 64.5 Å². The van der Waals surface area contributed by atoms with Crippen molar-refractivity contribution in [1.29, 1.82) is 0 Å². The molecule has 9 nitrogen and oxygen atoms in total. The van der Waals surface area contributed by atoms with E-state index in [0.717, 1.165) is 6.42 Å². The molecule has 178 valence electrons. The lowest BCUT2D eigenvalue weighted by Crippen LogP contribution is -2.30. The van der Waals surface area contributed by atoms with Crippen molar-refractivity contribution in [2.75, 3.05) is 36.9 Å². The summed E-state index contributed by atoms with van der Waals surface area (Å²) in [6, 6.07) is 8.01. The lowest BCUT2D eigenvalue weighted by atomic mass is 10.1. The number of hydrogen-bond donors (Lipinski definition) is 3. The Morgan fingerprint density at radius 1 is 1.26 bits per heavy atom. The van der Waals surface area contributed by atoms with Gasteiger partial charge in [-0.1, -0.05) is 11.6 Å². The minimum atomic E-state index is -0.930. The molecule has 3 N–H and O–H groups in total. The number of hydrogen-bond acceptors (Lipinski definition) is 7. The van der Waals surface area contributed by atoms with Crippen molar-refractivity contribution in [1.82, 2.24) is 14.9 Å². The van der Waals surface area contributed by atoms with Crippen molar-refractivity contribution >= 4 is 45.8 Å². The second-order valence-electron chi connectivity index (χ2n) is 8.30. The van der Waals surface area contributed by atoms with Crippen LogP contribution in [0, 0.1) is 5.82 Å². The summed E-state index contributed by atoms with van der Waals surface area (Å²) < 4.78 is 25.2. The summed E-state index contributed by atoms with van der Waals surface area (Å²) in [6.07, 6.45) is 1.90. The van der Waals surface area contributed by atoms with E-state index < -0.39 is 11.9 Å². The number of halogens is 2. The first-order valence-corrected chi connectivity index (χ1v) is 11.3. The Labute approximate surface area is 199 Å². The number of ether oxygens (including phenoxy) is 2. The number of likely N-dealkylation sites (tertiary alicyclic amines) is 1. The Bertz CT molecular complexity index is 1220. The van der Waals surface area contributed by atoms with Crippen LogP contribution in [0.4, 0.5) is 26.4 Å². The van der Waals surface area contributed by atoms with E-state index in [4.69, 9.17) is 21.1 Å². The van der Waals surface area contributed by atoms with E-state index in [9.17, 15) is 14.3 Å². The van der Waals surface area contributed by atoms with Gasteiger partial charge < -0.3 is 30.1 Å². The molecule has 0 bridgehead atoms. The number of anilines is 3. The second-order valence-corrected chi connectivity index (χ2v) is 8.71. The Morgan fingerprint density at radius 2 is 2.15 bits per heavy atom. The van der Waals surface area contributed by atoms with Gasteiger partial charge in [-0.25, -0.2) is 19.2 Å². The average Bonchev–Trinajstić information content (AvgIpc) is 3.49. The fraction of sp³-hybridized carbons (Fsp3) is 0.348. The van der Waals surface area contributed by atoms with Crippen molar-refractivity contribution in [2.24, 2.45) is 0 Å². The molecule has 5 rings (SSSR count). The maximum atomic E-state index is 13.6. The van der Waals surface area contributed by atoms with E-state index in [1.165, 1.54) is 23.4 Å². The zero-order valence-electron chi connectivity index (χ0n) is 18.1. The largest absolute Gasteiger partial charge is 0.486 e. The van der Waals surface area contributed by atoms with Crippen LogP contribution in [0.2, 0.25) is 5.02 Å². The molecule has 2 saturated heterocycles. The maximum absolute atomic E-state index is 13.6. The first-order chi connectivity index (χ1) is 16.5. The molecule has 1 amide bonds. The van der Waals surface area contributed by atoms with Crippen LogP contribution in [0.25, 0.3) is 10.9 Å². The quantitative estimate of drug-likeness (QED) is 0.466. The molecular formula is C23H23ClFN5O4. The zero-order valence-corrected chi connectivity index (χ0v) is 18.9. The predicted molar refractivity (Wildman–Crippen MR) is 126 cm³/mol. The fourth-order valence-corrected chi connectivity index (χ4v) is 4.34. The van der Waals surface area contributed by atoms with Crippen LogP contribution < -0.4 is 15.4 Å². The number of fused-ring (bicyclic) bond motifs is 1. The first kappa shape index (κ1) is 22.4.